The molecule has 0 saturated heterocycles. The number of aryl methyl sites for hydroxylation is 2. The van der Waals surface area contributed by atoms with Crippen molar-refractivity contribution >= 4 is 61.5 Å². The smallest absolute Gasteiger partial charge is 0.361 e. The number of ketones is 1. The first-order chi connectivity index (χ1) is 42.0. The van der Waals surface area contributed by atoms with Gasteiger partial charge in [0.2, 0.25) is 0 Å². The summed E-state index contributed by atoms with van der Waals surface area (Å²) in [6.07, 6.45) is 1.68. The number of anilines is 2. The lowest BCUT2D eigenvalue weighted by Gasteiger charge is -2.29. The van der Waals surface area contributed by atoms with Crippen LogP contribution in [0.5, 0.6) is 0 Å². The van der Waals surface area contributed by atoms with Crippen molar-refractivity contribution in [1.82, 2.24) is 63.9 Å². The fraction of sp³-hybridized carbons (Fsp3) is 0.484. The number of carbonyl (C=O) groups excluding carboxylic acids is 2. The fourth-order valence-electron chi connectivity index (χ4n) is 10.4. The number of fused-ring (bicyclic) bond motifs is 4. The molecule has 1 N–H and O–H groups in total. The van der Waals surface area contributed by atoms with E-state index in [-0.39, 0.29) is 38.2 Å². The zero-order valence-corrected chi connectivity index (χ0v) is 52.6. The van der Waals surface area contributed by atoms with Crippen LogP contribution >= 0.6 is 0 Å². The number of aromatic nitrogens is 12. The van der Waals surface area contributed by atoms with Gasteiger partial charge < -0.3 is 33.7 Å². The summed E-state index contributed by atoms with van der Waals surface area (Å²) in [5.41, 5.74) is 6.62. The minimum atomic E-state index is -4.36. The van der Waals surface area contributed by atoms with Crippen molar-refractivity contribution in [2.75, 3.05) is 42.6 Å². The van der Waals surface area contributed by atoms with Crippen LogP contribution in [0.1, 0.15) is 94.4 Å². The SMILES string of the molecule is C.C[Si](C)(C)CCOCn1ccc2c(N3CCc4c(c(C(=O)CCCC(F)(F)F)nn4CC#Cc4ccccn4)C3)ncnc21.C[Si](C)(C)CCOCn1ccc2c(N3CCc4c(c(C(=O)NCCC(F)(F)F)nn4CCCc4ccccn4)C3)ncnc21. The number of nitrogens with one attached hydrogen (secondary N) is 1. The minimum absolute atomic E-state index is 0. The molecular formula is C62H79F6N15O4Si2. The normalized spacial score (nSPS) is 13.5. The van der Waals surface area contributed by atoms with Crippen LogP contribution in [0.4, 0.5) is 38.0 Å². The van der Waals surface area contributed by atoms with E-state index in [1.165, 1.54) is 12.7 Å². The predicted octanol–water partition coefficient (Wildman–Crippen LogP) is 11.7. The third-order valence-electron chi connectivity index (χ3n) is 15.1. The number of pyridine rings is 2. The first kappa shape index (κ1) is 67.1. The van der Waals surface area contributed by atoms with E-state index in [4.69, 9.17) is 9.47 Å². The largest absolute Gasteiger partial charge is 0.390 e. The Kier molecular flexibility index (Phi) is 22.4. The zero-order chi connectivity index (χ0) is 62.6. The van der Waals surface area contributed by atoms with E-state index in [2.05, 4.69) is 106 Å². The number of rotatable bonds is 24. The van der Waals surface area contributed by atoms with E-state index in [1.807, 2.05) is 62.6 Å². The maximum atomic E-state index is 13.2. The molecule has 0 atom stereocenters. The highest BCUT2D eigenvalue weighted by Crippen LogP contribution is 2.34. The number of halogens is 6. The zero-order valence-electron chi connectivity index (χ0n) is 50.6. The molecule has 89 heavy (non-hydrogen) atoms. The summed E-state index contributed by atoms with van der Waals surface area (Å²) in [7, 11) is -2.40. The Morgan fingerprint density at radius 3 is 1.74 bits per heavy atom. The van der Waals surface area contributed by atoms with Gasteiger partial charge in [0.1, 0.15) is 67.0 Å². The summed E-state index contributed by atoms with van der Waals surface area (Å²) in [4.78, 5) is 57.3. The van der Waals surface area contributed by atoms with Crippen molar-refractivity contribution in [3.05, 3.63) is 131 Å². The molecule has 476 valence electrons. The number of hydrogen-bond acceptors (Lipinski definition) is 14. The third kappa shape index (κ3) is 18.6. The van der Waals surface area contributed by atoms with Crippen molar-refractivity contribution in [1.29, 1.82) is 0 Å². The number of carbonyl (C=O) groups is 2. The second kappa shape index (κ2) is 29.7. The molecule has 0 fully saturated rings. The Morgan fingerprint density at radius 2 is 1.20 bits per heavy atom. The molecule has 10 rings (SSSR count). The Hall–Kier alpha value is -7.81. The van der Waals surface area contributed by atoms with Gasteiger partial charge in [-0.15, -0.1) is 0 Å². The van der Waals surface area contributed by atoms with Gasteiger partial charge in [0, 0.05) is 147 Å². The molecular weight excluding hydrogens is 1190 g/mol. The summed E-state index contributed by atoms with van der Waals surface area (Å²) in [6.45, 7) is 18.3. The summed E-state index contributed by atoms with van der Waals surface area (Å²) in [6, 6.07) is 17.3. The molecule has 0 saturated carbocycles. The first-order valence-electron chi connectivity index (χ1n) is 29.6. The van der Waals surface area contributed by atoms with Crippen LogP contribution in [-0.2, 0) is 68.4 Å². The van der Waals surface area contributed by atoms with Crippen LogP contribution in [0.3, 0.4) is 0 Å². The average Bonchev–Trinajstić information content (AvgIpc) is 1.72. The van der Waals surface area contributed by atoms with Crippen LogP contribution in [0.2, 0.25) is 51.4 Å². The Labute approximate surface area is 516 Å². The van der Waals surface area contributed by atoms with E-state index in [0.717, 1.165) is 75.7 Å². The first-order valence-corrected chi connectivity index (χ1v) is 37.1. The van der Waals surface area contributed by atoms with Crippen LogP contribution in [-0.4, -0.2) is 132 Å². The van der Waals surface area contributed by atoms with Gasteiger partial charge in [-0.05, 0) is 73.7 Å². The molecule has 0 radical (unpaired) electrons. The molecule has 0 aromatic carbocycles. The lowest BCUT2D eigenvalue weighted by Crippen LogP contribution is -2.34. The topological polar surface area (TPSA) is 194 Å². The van der Waals surface area contributed by atoms with Crippen molar-refractivity contribution in [2.45, 2.75) is 162 Å². The van der Waals surface area contributed by atoms with Crippen molar-refractivity contribution in [3.63, 3.8) is 0 Å². The Morgan fingerprint density at radius 1 is 0.652 bits per heavy atom. The number of nitrogens with zero attached hydrogens (tertiary/aromatic N) is 14. The van der Waals surface area contributed by atoms with E-state index < -0.39 is 59.6 Å². The summed E-state index contributed by atoms with van der Waals surface area (Å²) in [5, 5.41) is 13.3. The fourth-order valence-corrected chi connectivity index (χ4v) is 11.9. The molecule has 1 amide bonds. The van der Waals surface area contributed by atoms with E-state index >= 15 is 0 Å². The van der Waals surface area contributed by atoms with Gasteiger partial charge in [0.05, 0.1) is 17.2 Å². The number of hydrogen-bond donors (Lipinski definition) is 1. The van der Waals surface area contributed by atoms with E-state index in [1.54, 1.807) is 29.2 Å². The molecule has 0 unspecified atom stereocenters. The molecule has 27 heteroatoms. The van der Waals surface area contributed by atoms with Crippen molar-refractivity contribution in [3.8, 4) is 11.8 Å². The van der Waals surface area contributed by atoms with Crippen molar-refractivity contribution < 1.29 is 45.4 Å². The lowest BCUT2D eigenvalue weighted by molar-refractivity contribution is -0.135. The maximum absolute atomic E-state index is 13.2. The highest BCUT2D eigenvalue weighted by Gasteiger charge is 2.34. The van der Waals surface area contributed by atoms with Crippen molar-refractivity contribution in [2.24, 2.45) is 0 Å². The number of alkyl halides is 6. The Balaban J connectivity index is 0.000000228. The Bertz CT molecular complexity index is 3710. The molecule has 0 spiro atoms. The van der Waals surface area contributed by atoms with Gasteiger partial charge >= 0.3 is 12.4 Å². The highest BCUT2D eigenvalue weighted by atomic mass is 28.3. The molecule has 2 aliphatic heterocycles. The second-order valence-electron chi connectivity index (χ2n) is 24.4. The van der Waals surface area contributed by atoms with Crippen LogP contribution in [0, 0.1) is 11.8 Å². The highest BCUT2D eigenvalue weighted by molar-refractivity contribution is 6.76. The van der Waals surface area contributed by atoms with Gasteiger partial charge in [-0.25, -0.2) is 24.9 Å². The molecule has 8 aromatic rings. The van der Waals surface area contributed by atoms with Crippen LogP contribution in [0.25, 0.3) is 22.1 Å². The van der Waals surface area contributed by atoms with Gasteiger partial charge in [-0.2, -0.15) is 36.5 Å². The minimum Gasteiger partial charge on any atom is -0.361 e. The molecule has 2 aliphatic rings. The summed E-state index contributed by atoms with van der Waals surface area (Å²) >= 11 is 0. The number of Topliss-reactive ketones (excluding diaryl/α,β-unsaturated/α-hetero) is 1. The average molecular weight is 1270 g/mol. The molecule has 19 nitrogen and oxygen atoms in total. The number of amides is 1. The third-order valence-corrected chi connectivity index (χ3v) is 18.5. The molecule has 0 aliphatic carbocycles. The molecule has 0 bridgehead atoms. The van der Waals surface area contributed by atoms with E-state index in [9.17, 15) is 35.9 Å². The molecule has 10 heterocycles. The number of ether oxygens (including phenoxy) is 2. The lowest BCUT2D eigenvalue weighted by atomic mass is 10.0. The van der Waals surface area contributed by atoms with Gasteiger partial charge in [0.15, 0.2) is 11.5 Å². The standard InChI is InChI=1S/C31H36F3N7O2Si.C30H39F3N8O2Si.CH4/c1-44(2,3)19-18-43-22-40-16-11-24-29(36-21-37-30(24)40)39-17-12-26-25(20-39)28(27(42)10-6-13-31(32,33)34)38-41(26)15-7-9-23-8-4-5-14-35-23;1-44(2,3)18-17-43-21-40-15-9-23-27(36-20-37-28(23)40)39-16-10-25-24(19-39)26(29(42)35-13-11-30(31,32)33)38-41(25)14-6-8-22-7-4-5-12-34-22;/h4-5,8,11,14,16,21H,6,10,12-13,15,17-20,22H2,1-3H3;4-5,7,9,12,15,20H,6,8,10-11,13-14,16-19,21H2,1-3H3,(H,35,42);1H4. The maximum Gasteiger partial charge on any atom is 0.390 e. The monoisotopic (exact) mass is 1270 g/mol. The van der Waals surface area contributed by atoms with Gasteiger partial charge in [-0.3, -0.25) is 23.9 Å². The summed E-state index contributed by atoms with van der Waals surface area (Å²) < 4.78 is 96.0. The quantitative estimate of drug-likeness (QED) is 0.0197. The summed E-state index contributed by atoms with van der Waals surface area (Å²) in [5.74, 6) is 6.51. The van der Waals surface area contributed by atoms with Crippen LogP contribution in [0.15, 0.2) is 86.0 Å². The van der Waals surface area contributed by atoms with E-state index in [0.29, 0.717) is 89.1 Å². The second-order valence-corrected chi connectivity index (χ2v) is 35.6. The molecule has 8 aromatic heterocycles. The van der Waals surface area contributed by atoms with Crippen LogP contribution < -0.4 is 15.1 Å². The predicted molar refractivity (Wildman–Crippen MR) is 335 cm³/mol. The van der Waals surface area contributed by atoms with Gasteiger partial charge in [0.25, 0.3) is 5.91 Å². The van der Waals surface area contributed by atoms with Gasteiger partial charge in [-0.1, -0.05) is 64.8 Å².